The fourth-order valence-corrected chi connectivity index (χ4v) is 9.61. The van der Waals surface area contributed by atoms with Crippen LogP contribution >= 0.6 is 0 Å². The highest BCUT2D eigenvalue weighted by molar-refractivity contribution is 7.89. The van der Waals surface area contributed by atoms with Crippen LogP contribution in [0.4, 0.5) is 0 Å². The van der Waals surface area contributed by atoms with Crippen LogP contribution < -0.4 is 0 Å². The van der Waals surface area contributed by atoms with Gasteiger partial charge in [0.2, 0.25) is 31.9 Å². The summed E-state index contributed by atoms with van der Waals surface area (Å²) in [4.78, 5) is 29.3. The average Bonchev–Trinajstić information content (AvgIpc) is 3.01. The minimum atomic E-state index is -3.93. The van der Waals surface area contributed by atoms with Crippen molar-refractivity contribution in [2.75, 3.05) is 52.4 Å². The Morgan fingerprint density at radius 2 is 0.929 bits per heavy atom. The first kappa shape index (κ1) is 32.4. The lowest BCUT2D eigenvalue weighted by Crippen LogP contribution is -2.44. The monoisotopic (exact) mass is 620 g/mol. The fourth-order valence-electron chi connectivity index (χ4n) is 6.25. The van der Waals surface area contributed by atoms with Crippen LogP contribution in [-0.4, -0.2) is 99.4 Å². The predicted molar refractivity (Wildman–Crippen MR) is 163 cm³/mol. The van der Waals surface area contributed by atoms with Gasteiger partial charge in [0.05, 0.1) is 9.79 Å². The maximum Gasteiger partial charge on any atom is 0.243 e. The van der Waals surface area contributed by atoms with E-state index in [1.807, 2.05) is 27.7 Å². The summed E-state index contributed by atoms with van der Waals surface area (Å²) in [5, 5.41) is 0.707. The molecule has 42 heavy (non-hydrogen) atoms. The molecule has 2 aromatic rings. The van der Waals surface area contributed by atoms with E-state index in [-0.39, 0.29) is 59.6 Å². The minimum absolute atomic E-state index is 0.0640. The highest BCUT2D eigenvalue weighted by Crippen LogP contribution is 2.34. The molecule has 0 aliphatic carbocycles. The SMILES string of the molecule is CCN(CC)C(=O)C1CCN(S(=O)(=O)c2cccc3c(S(=O)(=O)N4CCC(C(=O)N(CC)CC)CC4)cccc23)CC1. The summed E-state index contributed by atoms with van der Waals surface area (Å²) in [6.45, 7) is 11.2. The second kappa shape index (κ2) is 13.4. The molecule has 2 aliphatic rings. The Morgan fingerprint density at radius 1 is 0.619 bits per heavy atom. The Morgan fingerprint density at radius 3 is 1.21 bits per heavy atom. The van der Waals surface area contributed by atoms with Gasteiger partial charge in [-0.3, -0.25) is 9.59 Å². The summed E-state index contributed by atoms with van der Waals surface area (Å²) in [6, 6.07) is 9.50. The lowest BCUT2D eigenvalue weighted by Gasteiger charge is -2.33. The highest BCUT2D eigenvalue weighted by Gasteiger charge is 2.36. The van der Waals surface area contributed by atoms with Crippen LogP contribution in [0.1, 0.15) is 53.4 Å². The van der Waals surface area contributed by atoms with E-state index in [4.69, 9.17) is 0 Å². The molecule has 2 aromatic carbocycles. The fraction of sp³-hybridized carbons (Fsp3) is 0.600. The lowest BCUT2D eigenvalue weighted by molar-refractivity contribution is -0.137. The summed E-state index contributed by atoms with van der Waals surface area (Å²) in [5.74, 6) is -0.267. The first-order chi connectivity index (χ1) is 20.0. The third kappa shape index (κ3) is 6.22. The predicted octanol–water partition coefficient (Wildman–Crippen LogP) is 3.38. The third-order valence-electron chi connectivity index (χ3n) is 8.83. The number of amides is 2. The van der Waals surface area contributed by atoms with E-state index < -0.39 is 20.0 Å². The van der Waals surface area contributed by atoms with Crippen LogP contribution in [0.15, 0.2) is 46.2 Å². The van der Waals surface area contributed by atoms with Gasteiger partial charge in [0.25, 0.3) is 0 Å². The summed E-state index contributed by atoms with van der Waals surface area (Å²) >= 11 is 0. The lowest BCUT2D eigenvalue weighted by atomic mass is 9.96. The second-order valence-electron chi connectivity index (χ2n) is 11.0. The Balaban J connectivity index is 1.56. The Bertz CT molecular complexity index is 1370. The largest absolute Gasteiger partial charge is 0.343 e. The van der Waals surface area contributed by atoms with Crippen molar-refractivity contribution in [3.63, 3.8) is 0 Å². The van der Waals surface area contributed by atoms with E-state index in [9.17, 15) is 26.4 Å². The number of rotatable bonds is 10. The molecule has 2 amide bonds. The molecule has 0 atom stereocenters. The highest BCUT2D eigenvalue weighted by atomic mass is 32.2. The zero-order valence-electron chi connectivity index (χ0n) is 25.2. The smallest absolute Gasteiger partial charge is 0.243 e. The molecule has 0 aromatic heterocycles. The van der Waals surface area contributed by atoms with Gasteiger partial charge in [-0.15, -0.1) is 0 Å². The number of benzene rings is 2. The van der Waals surface area contributed by atoms with Gasteiger partial charge in [0.1, 0.15) is 0 Å². The number of sulfonamides is 2. The Labute approximate surface area is 250 Å². The normalized spacial score (nSPS) is 18.3. The maximum absolute atomic E-state index is 13.8. The van der Waals surface area contributed by atoms with Gasteiger partial charge in [-0.2, -0.15) is 8.61 Å². The number of fused-ring (bicyclic) bond motifs is 1. The number of nitrogens with zero attached hydrogens (tertiary/aromatic N) is 4. The first-order valence-electron chi connectivity index (χ1n) is 15.1. The van der Waals surface area contributed by atoms with Gasteiger partial charge in [-0.25, -0.2) is 16.8 Å². The molecule has 2 heterocycles. The van der Waals surface area contributed by atoms with Crippen molar-refractivity contribution in [2.24, 2.45) is 11.8 Å². The van der Waals surface area contributed by atoms with Crippen LogP contribution in [0, 0.1) is 11.8 Å². The molecular weight excluding hydrogens is 576 g/mol. The van der Waals surface area contributed by atoms with Gasteiger partial charge < -0.3 is 9.80 Å². The molecule has 2 saturated heterocycles. The number of carbonyl (C=O) groups is 2. The van der Waals surface area contributed by atoms with Crippen molar-refractivity contribution in [1.29, 1.82) is 0 Å². The molecular formula is C30H44N4O6S2. The van der Waals surface area contributed by atoms with Gasteiger partial charge in [-0.1, -0.05) is 24.3 Å². The zero-order chi connectivity index (χ0) is 30.7. The van der Waals surface area contributed by atoms with Gasteiger partial charge in [0.15, 0.2) is 0 Å². The van der Waals surface area contributed by atoms with Crippen molar-refractivity contribution in [3.8, 4) is 0 Å². The van der Waals surface area contributed by atoms with Crippen molar-refractivity contribution in [1.82, 2.24) is 18.4 Å². The van der Waals surface area contributed by atoms with Crippen LogP contribution in [0.25, 0.3) is 10.8 Å². The Kier molecular flexibility index (Phi) is 10.3. The standard InChI is InChI=1S/C30H44N4O6S2/c1-5-31(6-2)29(35)23-15-19-33(20-16-23)41(37,38)27-13-9-12-26-25(27)11-10-14-28(26)42(39,40)34-21-17-24(18-22-34)30(36)32(7-3)8-4/h9-14,23-24H,5-8,15-22H2,1-4H3. The summed E-state index contributed by atoms with van der Waals surface area (Å²) in [7, 11) is -7.86. The number of hydrogen-bond acceptors (Lipinski definition) is 6. The van der Waals surface area contributed by atoms with E-state index >= 15 is 0 Å². The topological polar surface area (TPSA) is 115 Å². The average molecular weight is 621 g/mol. The molecule has 0 bridgehead atoms. The quantitative estimate of drug-likeness (QED) is 0.402. The van der Waals surface area contributed by atoms with Crippen LogP contribution in [0.2, 0.25) is 0 Å². The van der Waals surface area contributed by atoms with Gasteiger partial charge >= 0.3 is 0 Å². The van der Waals surface area contributed by atoms with Crippen molar-refractivity contribution in [2.45, 2.75) is 63.2 Å². The van der Waals surface area contributed by atoms with Gasteiger partial charge in [0, 0.05) is 75.0 Å². The van der Waals surface area contributed by atoms with Crippen LogP contribution in [0.5, 0.6) is 0 Å². The maximum atomic E-state index is 13.8. The molecule has 12 heteroatoms. The molecule has 4 rings (SSSR count). The molecule has 0 spiro atoms. The Hall–Kier alpha value is -2.54. The second-order valence-corrected chi connectivity index (χ2v) is 14.8. The first-order valence-corrected chi connectivity index (χ1v) is 18.0. The molecule has 2 aliphatic heterocycles. The zero-order valence-corrected chi connectivity index (χ0v) is 26.8. The molecule has 0 unspecified atom stereocenters. The van der Waals surface area contributed by atoms with Gasteiger partial charge in [-0.05, 0) is 65.5 Å². The van der Waals surface area contributed by atoms with Crippen LogP contribution in [0.3, 0.4) is 0 Å². The number of hydrogen-bond donors (Lipinski definition) is 0. The molecule has 0 saturated carbocycles. The summed E-state index contributed by atoms with van der Waals surface area (Å²) in [5.41, 5.74) is 0. The summed E-state index contributed by atoms with van der Waals surface area (Å²) in [6.07, 6.45) is 1.80. The van der Waals surface area contributed by atoms with E-state index in [1.54, 1.807) is 34.1 Å². The van der Waals surface area contributed by atoms with Crippen molar-refractivity contribution >= 4 is 42.6 Å². The minimum Gasteiger partial charge on any atom is -0.343 e. The van der Waals surface area contributed by atoms with E-state index in [0.29, 0.717) is 62.6 Å². The van der Waals surface area contributed by atoms with Crippen molar-refractivity contribution in [3.05, 3.63) is 36.4 Å². The number of carbonyl (C=O) groups excluding carboxylic acids is 2. The molecule has 10 nitrogen and oxygen atoms in total. The summed E-state index contributed by atoms with van der Waals surface area (Å²) < 4.78 is 58.1. The van der Waals surface area contributed by atoms with E-state index in [0.717, 1.165) is 0 Å². The third-order valence-corrected chi connectivity index (χ3v) is 12.7. The molecule has 0 radical (unpaired) electrons. The van der Waals surface area contributed by atoms with E-state index in [1.165, 1.54) is 20.7 Å². The molecule has 0 N–H and O–H groups in total. The van der Waals surface area contributed by atoms with Crippen LogP contribution in [-0.2, 0) is 29.6 Å². The number of piperidine rings is 2. The molecule has 232 valence electrons. The van der Waals surface area contributed by atoms with Crippen molar-refractivity contribution < 1.29 is 26.4 Å². The molecule has 2 fully saturated rings. The van der Waals surface area contributed by atoms with E-state index in [2.05, 4.69) is 0 Å².